The molecule has 5 nitrogen and oxygen atoms in total. The normalized spacial score (nSPS) is 24.3. The van der Waals surface area contributed by atoms with Crippen LogP contribution in [-0.4, -0.2) is 25.1 Å². The summed E-state index contributed by atoms with van der Waals surface area (Å²) < 4.78 is 65.7. The first-order valence-corrected chi connectivity index (χ1v) is 10.7. The third-order valence-electron chi connectivity index (χ3n) is 5.07. The van der Waals surface area contributed by atoms with Crippen LogP contribution < -0.4 is 5.32 Å². The number of nitrogens with zero attached hydrogens (tertiary/aromatic N) is 1. The van der Waals surface area contributed by atoms with Gasteiger partial charge in [0.2, 0.25) is 5.91 Å². The number of hydrogen-bond acceptors (Lipinski definition) is 4. The summed E-state index contributed by atoms with van der Waals surface area (Å²) in [5.41, 5.74) is -2.07. The van der Waals surface area contributed by atoms with Gasteiger partial charge in [-0.2, -0.15) is 18.4 Å². The number of halogens is 4. The maximum atomic E-state index is 13.3. The van der Waals surface area contributed by atoms with Gasteiger partial charge in [0.25, 0.3) is 0 Å². The smallest absolute Gasteiger partial charge is 0.338 e. The van der Waals surface area contributed by atoms with Crippen molar-refractivity contribution < 1.29 is 26.4 Å². The van der Waals surface area contributed by atoms with Crippen LogP contribution in [0.1, 0.15) is 37.7 Å². The molecule has 2 aliphatic rings. The lowest BCUT2D eigenvalue weighted by Gasteiger charge is -2.18. The molecule has 27 heavy (non-hydrogen) atoms. The molecule has 3 rings (SSSR count). The monoisotopic (exact) mass is 464 g/mol. The maximum absolute atomic E-state index is 13.3. The number of alkyl halides is 3. The summed E-state index contributed by atoms with van der Waals surface area (Å²) in [6, 6.07) is 4.97. The zero-order chi connectivity index (χ0) is 20.0. The number of hydrogen-bond donors (Lipinski definition) is 1. The van der Waals surface area contributed by atoms with Crippen LogP contribution in [-0.2, 0) is 20.8 Å². The Labute approximate surface area is 163 Å². The van der Waals surface area contributed by atoms with E-state index >= 15 is 0 Å². The number of rotatable bonds is 4. The third kappa shape index (κ3) is 3.99. The van der Waals surface area contributed by atoms with E-state index in [1.807, 2.05) is 6.07 Å². The minimum absolute atomic E-state index is 0.0525. The first-order valence-electron chi connectivity index (χ1n) is 8.32. The molecule has 2 saturated carbocycles. The van der Waals surface area contributed by atoms with E-state index in [-0.39, 0.29) is 23.7 Å². The summed E-state index contributed by atoms with van der Waals surface area (Å²) >= 11 is 2.93. The van der Waals surface area contributed by atoms with Crippen molar-refractivity contribution >= 4 is 31.7 Å². The van der Waals surface area contributed by atoms with E-state index in [4.69, 9.17) is 5.26 Å². The number of amides is 1. The fourth-order valence-corrected chi connectivity index (χ4v) is 5.73. The first-order chi connectivity index (χ1) is 12.5. The molecule has 0 heterocycles. The van der Waals surface area contributed by atoms with Gasteiger partial charge in [-0.15, -0.1) is 0 Å². The van der Waals surface area contributed by atoms with Crippen LogP contribution in [0.15, 0.2) is 27.6 Å². The number of nitriles is 1. The van der Waals surface area contributed by atoms with Crippen molar-refractivity contribution in [1.82, 2.24) is 5.32 Å². The van der Waals surface area contributed by atoms with Crippen LogP contribution in [0.3, 0.4) is 0 Å². The molecule has 0 aliphatic heterocycles. The van der Waals surface area contributed by atoms with Gasteiger partial charge in [-0.05, 0) is 50.3 Å². The summed E-state index contributed by atoms with van der Waals surface area (Å²) in [5.74, 6) is -1.03. The number of benzene rings is 1. The largest absolute Gasteiger partial charge is 0.417 e. The van der Waals surface area contributed by atoms with E-state index in [1.54, 1.807) is 0 Å². The molecular weight excluding hydrogens is 449 g/mol. The predicted molar refractivity (Wildman–Crippen MR) is 93.2 cm³/mol. The predicted octanol–water partition coefficient (Wildman–Crippen LogP) is 3.58. The van der Waals surface area contributed by atoms with E-state index in [0.717, 1.165) is 12.1 Å². The highest BCUT2D eigenvalue weighted by Crippen LogP contribution is 2.41. The van der Waals surface area contributed by atoms with Gasteiger partial charge in [-0.25, -0.2) is 8.42 Å². The molecule has 146 valence electrons. The average Bonchev–Trinajstić information content (AvgIpc) is 3.16. The van der Waals surface area contributed by atoms with Gasteiger partial charge in [0.05, 0.1) is 21.8 Å². The molecule has 2 aliphatic carbocycles. The molecule has 0 aromatic heterocycles. The molecule has 10 heteroatoms. The highest BCUT2D eigenvalue weighted by molar-refractivity contribution is 9.10. The zero-order valence-corrected chi connectivity index (χ0v) is 16.4. The Bertz CT molecular complexity index is 920. The van der Waals surface area contributed by atoms with Crippen molar-refractivity contribution in [2.75, 3.05) is 0 Å². The topological polar surface area (TPSA) is 87.0 Å². The molecular formula is C17H16BrF3N2O3S. The van der Waals surface area contributed by atoms with Crippen LogP contribution in [0, 0.1) is 17.2 Å². The van der Waals surface area contributed by atoms with Gasteiger partial charge in [0.1, 0.15) is 5.54 Å². The molecule has 1 unspecified atom stereocenters. The van der Waals surface area contributed by atoms with Crippen molar-refractivity contribution in [3.8, 4) is 6.07 Å². The Morgan fingerprint density at radius 1 is 1.30 bits per heavy atom. The number of carbonyl (C=O) groups excluding carboxylic acids is 1. The van der Waals surface area contributed by atoms with Crippen molar-refractivity contribution in [3.63, 3.8) is 0 Å². The second-order valence-corrected chi connectivity index (χ2v) is 10.1. The van der Waals surface area contributed by atoms with Crippen LogP contribution in [0.4, 0.5) is 13.2 Å². The fourth-order valence-electron chi connectivity index (χ4n) is 3.34. The molecule has 0 bridgehead atoms. The quantitative estimate of drug-likeness (QED) is 0.737. The third-order valence-corrected chi connectivity index (χ3v) is 7.84. The Hall–Kier alpha value is -1.60. The molecule has 2 atom stereocenters. The van der Waals surface area contributed by atoms with Crippen LogP contribution in [0.2, 0.25) is 0 Å². The van der Waals surface area contributed by atoms with E-state index in [1.165, 1.54) is 6.07 Å². The van der Waals surface area contributed by atoms with Gasteiger partial charge >= 0.3 is 6.18 Å². The molecule has 1 amide bonds. The van der Waals surface area contributed by atoms with E-state index in [9.17, 15) is 26.4 Å². The summed E-state index contributed by atoms with van der Waals surface area (Å²) in [4.78, 5) is 11.5. The molecule has 1 N–H and O–H groups in total. The second-order valence-electron chi connectivity index (χ2n) is 7.00. The molecule has 0 spiro atoms. The highest BCUT2D eigenvalue weighted by atomic mass is 79.9. The lowest BCUT2D eigenvalue weighted by atomic mass is 10.1. The molecule has 0 radical (unpaired) electrons. The zero-order valence-electron chi connectivity index (χ0n) is 14.0. The minimum atomic E-state index is -4.81. The number of sulfone groups is 1. The Kier molecular flexibility index (Phi) is 5.06. The summed E-state index contributed by atoms with van der Waals surface area (Å²) in [7, 11) is -4.26. The Morgan fingerprint density at radius 3 is 2.52 bits per heavy atom. The van der Waals surface area contributed by atoms with E-state index in [2.05, 4.69) is 21.2 Å². The van der Waals surface area contributed by atoms with Crippen molar-refractivity contribution in [2.45, 2.75) is 54.0 Å². The summed E-state index contributed by atoms with van der Waals surface area (Å²) in [6.45, 7) is 0. The van der Waals surface area contributed by atoms with E-state index in [0.29, 0.717) is 12.8 Å². The van der Waals surface area contributed by atoms with Crippen molar-refractivity contribution in [1.29, 1.82) is 5.26 Å². The summed E-state index contributed by atoms with van der Waals surface area (Å²) in [6.07, 6.45) is -3.40. The molecule has 0 saturated heterocycles. The molecule has 1 aromatic carbocycles. The van der Waals surface area contributed by atoms with Crippen molar-refractivity contribution in [3.05, 3.63) is 28.2 Å². The van der Waals surface area contributed by atoms with Crippen LogP contribution in [0.5, 0.6) is 0 Å². The number of carbonyl (C=O) groups is 1. The highest BCUT2D eigenvalue weighted by Gasteiger charge is 2.48. The minimum Gasteiger partial charge on any atom is -0.338 e. The molecule has 2 fully saturated rings. The average molecular weight is 465 g/mol. The standard InChI is InChI=1S/C17H16BrF3N2O3S/c18-11-2-4-14(13(8-11)17(19,20)21)27(25,26)12-3-1-10(7-12)15(24)23-16(9-22)5-6-16/h2,4,8,10,12H,1,3,5-7H2,(H,23,24)/t10?,12-/m0/s1. The van der Waals surface area contributed by atoms with Gasteiger partial charge in [0, 0.05) is 10.4 Å². The molecule has 1 aromatic rings. The van der Waals surface area contributed by atoms with Crippen molar-refractivity contribution in [2.24, 2.45) is 5.92 Å². The van der Waals surface area contributed by atoms with Crippen LogP contribution >= 0.6 is 15.9 Å². The second kappa shape index (κ2) is 6.78. The van der Waals surface area contributed by atoms with E-state index < -0.39 is 49.1 Å². The fraction of sp³-hybridized carbons (Fsp3) is 0.529. The number of nitrogens with one attached hydrogen (secondary N) is 1. The summed E-state index contributed by atoms with van der Waals surface area (Å²) in [5, 5.41) is 10.6. The SMILES string of the molecule is N#CC1(NC(=O)C2CC[C@H](S(=O)(=O)c3ccc(Br)cc3C(F)(F)F)C2)CC1. The Morgan fingerprint density at radius 2 is 1.96 bits per heavy atom. The van der Waals surface area contributed by atoms with Gasteiger partial charge in [-0.1, -0.05) is 15.9 Å². The van der Waals surface area contributed by atoms with Gasteiger partial charge < -0.3 is 5.32 Å². The lowest BCUT2D eigenvalue weighted by Crippen LogP contribution is -2.39. The lowest BCUT2D eigenvalue weighted by molar-refractivity contribution is -0.140. The Balaban J connectivity index is 1.81. The maximum Gasteiger partial charge on any atom is 0.417 e. The van der Waals surface area contributed by atoms with Gasteiger partial charge in [-0.3, -0.25) is 4.79 Å². The van der Waals surface area contributed by atoms with Gasteiger partial charge in [0.15, 0.2) is 9.84 Å². The van der Waals surface area contributed by atoms with Crippen LogP contribution in [0.25, 0.3) is 0 Å². The first kappa shape index (κ1) is 20.1.